The molecule has 0 aliphatic heterocycles. The number of hydrogen-bond donors (Lipinski definition) is 2. The minimum absolute atomic E-state index is 0. The van der Waals surface area contributed by atoms with E-state index in [1.807, 2.05) is 7.05 Å². The van der Waals surface area contributed by atoms with Crippen LogP contribution >= 0.6 is 24.0 Å². The van der Waals surface area contributed by atoms with Crippen molar-refractivity contribution in [1.29, 1.82) is 0 Å². The Bertz CT molecular complexity index is 513. The van der Waals surface area contributed by atoms with Crippen LogP contribution in [0.25, 0.3) is 0 Å². The van der Waals surface area contributed by atoms with Crippen molar-refractivity contribution >= 4 is 29.9 Å². The highest BCUT2D eigenvalue weighted by Gasteiger charge is 2.30. The van der Waals surface area contributed by atoms with Gasteiger partial charge in [0, 0.05) is 20.1 Å². The third-order valence-corrected chi connectivity index (χ3v) is 4.42. The number of aliphatic hydroxyl groups is 1. The molecule has 1 aromatic carbocycles. The van der Waals surface area contributed by atoms with Crippen LogP contribution in [0, 0.1) is 6.92 Å². The molecule has 0 radical (unpaired) electrons. The van der Waals surface area contributed by atoms with E-state index in [0.29, 0.717) is 6.54 Å². The first-order valence-electron chi connectivity index (χ1n) is 8.30. The molecule has 23 heavy (non-hydrogen) atoms. The lowest BCUT2D eigenvalue weighted by Crippen LogP contribution is -2.40. The van der Waals surface area contributed by atoms with Crippen molar-refractivity contribution in [2.45, 2.75) is 51.7 Å². The Labute approximate surface area is 157 Å². The number of hydrogen-bond acceptors (Lipinski definition) is 2. The fraction of sp³-hybridized carbons (Fsp3) is 0.611. The monoisotopic (exact) mass is 431 g/mol. The van der Waals surface area contributed by atoms with Crippen LogP contribution in [0.3, 0.4) is 0 Å². The highest BCUT2D eigenvalue weighted by molar-refractivity contribution is 14.0. The summed E-state index contributed by atoms with van der Waals surface area (Å²) in [5, 5.41) is 13.8. The molecule has 4 nitrogen and oxygen atoms in total. The number of nitrogens with one attached hydrogen (secondary N) is 1. The first kappa shape index (κ1) is 20.2. The lowest BCUT2D eigenvalue weighted by Gasteiger charge is -2.25. The number of aliphatic imine (C=N–C) groups is 1. The summed E-state index contributed by atoms with van der Waals surface area (Å²) in [6, 6.07) is 8.42. The highest BCUT2D eigenvalue weighted by Crippen LogP contribution is 2.29. The quantitative estimate of drug-likeness (QED) is 0.427. The molecule has 0 saturated heterocycles. The largest absolute Gasteiger partial charge is 0.388 e. The van der Waals surface area contributed by atoms with Gasteiger partial charge < -0.3 is 15.3 Å². The molecule has 130 valence electrons. The van der Waals surface area contributed by atoms with E-state index in [1.165, 1.54) is 11.1 Å². The molecule has 0 unspecified atom stereocenters. The Hall–Kier alpha value is -0.820. The van der Waals surface area contributed by atoms with Crippen LogP contribution in [-0.2, 0) is 6.54 Å². The van der Waals surface area contributed by atoms with Crippen LogP contribution in [0.15, 0.2) is 29.3 Å². The highest BCUT2D eigenvalue weighted by atomic mass is 127. The third kappa shape index (κ3) is 5.95. The van der Waals surface area contributed by atoms with E-state index >= 15 is 0 Å². The van der Waals surface area contributed by atoms with Crippen LogP contribution in [-0.4, -0.2) is 41.7 Å². The zero-order valence-corrected chi connectivity index (χ0v) is 16.8. The van der Waals surface area contributed by atoms with Gasteiger partial charge in [0.1, 0.15) is 0 Å². The van der Waals surface area contributed by atoms with Crippen molar-refractivity contribution in [2.75, 3.05) is 20.1 Å². The zero-order chi connectivity index (χ0) is 16.0. The Balaban J connectivity index is 0.00000264. The summed E-state index contributed by atoms with van der Waals surface area (Å²) in [7, 11) is 2.05. The number of nitrogens with zero attached hydrogens (tertiary/aromatic N) is 2. The first-order valence-corrected chi connectivity index (χ1v) is 8.30. The predicted molar refractivity (Wildman–Crippen MR) is 107 cm³/mol. The maximum Gasteiger partial charge on any atom is 0.194 e. The van der Waals surface area contributed by atoms with Gasteiger partial charge in [0.25, 0.3) is 0 Å². The SMILES string of the molecule is CCNC(=NCC1(O)CCCC1)N(C)Cc1ccccc1C.I. The maximum atomic E-state index is 10.5. The number of benzene rings is 1. The van der Waals surface area contributed by atoms with Gasteiger partial charge in [0.05, 0.1) is 12.1 Å². The average molecular weight is 431 g/mol. The fourth-order valence-corrected chi connectivity index (χ4v) is 3.00. The van der Waals surface area contributed by atoms with Crippen LogP contribution in [0.1, 0.15) is 43.7 Å². The summed E-state index contributed by atoms with van der Waals surface area (Å²) in [5.74, 6) is 0.867. The van der Waals surface area contributed by atoms with E-state index in [2.05, 4.69) is 53.3 Å². The van der Waals surface area contributed by atoms with Crippen molar-refractivity contribution < 1.29 is 5.11 Å². The molecule has 0 aromatic heterocycles. The molecule has 0 heterocycles. The molecule has 0 spiro atoms. The molecule has 1 aliphatic carbocycles. The van der Waals surface area contributed by atoms with Crippen LogP contribution in [0.5, 0.6) is 0 Å². The minimum Gasteiger partial charge on any atom is -0.388 e. The summed E-state index contributed by atoms with van der Waals surface area (Å²) in [6.07, 6.45) is 3.97. The summed E-state index contributed by atoms with van der Waals surface area (Å²) in [6.45, 7) is 6.34. The molecule has 1 fully saturated rings. The molecule has 0 amide bonds. The topological polar surface area (TPSA) is 47.9 Å². The van der Waals surface area contributed by atoms with Crippen LogP contribution < -0.4 is 5.32 Å². The number of aryl methyl sites for hydroxylation is 1. The summed E-state index contributed by atoms with van der Waals surface area (Å²) >= 11 is 0. The van der Waals surface area contributed by atoms with Crippen LogP contribution in [0.2, 0.25) is 0 Å². The second-order valence-corrected chi connectivity index (χ2v) is 6.38. The van der Waals surface area contributed by atoms with Crippen molar-refractivity contribution in [1.82, 2.24) is 10.2 Å². The van der Waals surface area contributed by atoms with Gasteiger partial charge in [-0.15, -0.1) is 24.0 Å². The van der Waals surface area contributed by atoms with E-state index in [1.54, 1.807) is 0 Å². The van der Waals surface area contributed by atoms with Gasteiger partial charge in [-0.2, -0.15) is 0 Å². The van der Waals surface area contributed by atoms with Gasteiger partial charge in [-0.1, -0.05) is 37.1 Å². The molecule has 2 N–H and O–H groups in total. The normalized spacial score (nSPS) is 16.8. The van der Waals surface area contributed by atoms with E-state index < -0.39 is 5.60 Å². The van der Waals surface area contributed by atoms with Crippen molar-refractivity contribution in [3.63, 3.8) is 0 Å². The molecular formula is C18H30IN3O. The fourth-order valence-electron chi connectivity index (χ4n) is 3.00. The average Bonchev–Trinajstić information content (AvgIpc) is 2.93. The maximum absolute atomic E-state index is 10.5. The Morgan fingerprint density at radius 2 is 1.96 bits per heavy atom. The third-order valence-electron chi connectivity index (χ3n) is 4.42. The lowest BCUT2D eigenvalue weighted by atomic mass is 10.0. The number of rotatable bonds is 5. The van der Waals surface area contributed by atoms with Crippen molar-refractivity contribution in [2.24, 2.45) is 4.99 Å². The van der Waals surface area contributed by atoms with E-state index in [0.717, 1.165) is 44.7 Å². The summed E-state index contributed by atoms with van der Waals surface area (Å²) in [5.41, 5.74) is 2.00. The molecule has 5 heteroatoms. The van der Waals surface area contributed by atoms with Gasteiger partial charge in [-0.3, -0.25) is 4.99 Å². The number of halogens is 1. The Morgan fingerprint density at radius 3 is 2.57 bits per heavy atom. The predicted octanol–water partition coefficient (Wildman–Crippen LogP) is 3.32. The van der Waals surface area contributed by atoms with Crippen molar-refractivity contribution in [3.8, 4) is 0 Å². The number of guanidine groups is 1. The summed E-state index contributed by atoms with van der Waals surface area (Å²) < 4.78 is 0. The molecular weight excluding hydrogens is 401 g/mol. The molecule has 0 bridgehead atoms. The molecule has 0 atom stereocenters. The van der Waals surface area contributed by atoms with Crippen molar-refractivity contribution in [3.05, 3.63) is 35.4 Å². The minimum atomic E-state index is -0.593. The second-order valence-electron chi connectivity index (χ2n) is 6.38. The van der Waals surface area contributed by atoms with E-state index in [-0.39, 0.29) is 24.0 Å². The first-order chi connectivity index (χ1) is 10.5. The van der Waals surface area contributed by atoms with Gasteiger partial charge >= 0.3 is 0 Å². The van der Waals surface area contributed by atoms with Gasteiger partial charge in [-0.25, -0.2) is 0 Å². The van der Waals surface area contributed by atoms with E-state index in [9.17, 15) is 5.11 Å². The smallest absolute Gasteiger partial charge is 0.194 e. The van der Waals surface area contributed by atoms with Gasteiger partial charge in [-0.05, 0) is 37.8 Å². The van der Waals surface area contributed by atoms with E-state index in [4.69, 9.17) is 0 Å². The van der Waals surface area contributed by atoms with Crippen LogP contribution in [0.4, 0.5) is 0 Å². The lowest BCUT2D eigenvalue weighted by molar-refractivity contribution is 0.0572. The zero-order valence-electron chi connectivity index (χ0n) is 14.5. The molecule has 1 saturated carbocycles. The van der Waals surface area contributed by atoms with Gasteiger partial charge in [0.2, 0.25) is 0 Å². The Morgan fingerprint density at radius 1 is 1.30 bits per heavy atom. The molecule has 1 aromatic rings. The molecule has 2 rings (SSSR count). The second kappa shape index (κ2) is 9.47. The Kier molecular flexibility index (Phi) is 8.33. The summed E-state index contributed by atoms with van der Waals surface area (Å²) in [4.78, 5) is 6.80. The standard InChI is InChI=1S/C18H29N3O.HI/c1-4-19-17(20-14-18(22)11-7-8-12-18)21(3)13-16-10-6-5-9-15(16)2;/h5-6,9-10,22H,4,7-8,11-14H2,1-3H3,(H,19,20);1H. The molecule has 1 aliphatic rings. The van der Waals surface area contributed by atoms with Gasteiger partial charge in [0.15, 0.2) is 5.96 Å².